The first kappa shape index (κ1) is 19.8. The zero-order valence-electron chi connectivity index (χ0n) is 17.2. The first-order chi connectivity index (χ1) is 14.6. The third-order valence-corrected chi connectivity index (χ3v) is 5.50. The van der Waals surface area contributed by atoms with Gasteiger partial charge in [-0.05, 0) is 43.2 Å². The van der Waals surface area contributed by atoms with Crippen molar-refractivity contribution in [2.45, 2.75) is 33.2 Å². The monoisotopic (exact) mass is 403 g/mol. The largest absolute Gasteiger partial charge is 0.326 e. The molecular weight excluding hydrogens is 378 g/mol. The van der Waals surface area contributed by atoms with E-state index in [-0.39, 0.29) is 24.2 Å². The molecule has 1 aromatic heterocycles. The van der Waals surface area contributed by atoms with E-state index in [9.17, 15) is 9.59 Å². The third-order valence-electron chi connectivity index (χ3n) is 5.50. The second-order valence-electron chi connectivity index (χ2n) is 7.44. The molecule has 1 saturated heterocycles. The van der Waals surface area contributed by atoms with Crippen LogP contribution >= 0.6 is 0 Å². The van der Waals surface area contributed by atoms with Gasteiger partial charge in [0.2, 0.25) is 11.8 Å². The van der Waals surface area contributed by atoms with E-state index in [1.54, 1.807) is 11.2 Å². The molecule has 0 radical (unpaired) electrons. The maximum atomic E-state index is 12.8. The number of rotatable bonds is 6. The predicted octanol–water partition coefficient (Wildman–Crippen LogP) is 3.52. The number of nitrogens with one attached hydrogen (secondary N) is 1. The highest BCUT2D eigenvalue weighted by atomic mass is 16.2. The van der Waals surface area contributed by atoms with Crippen molar-refractivity contribution in [3.63, 3.8) is 0 Å². The van der Waals surface area contributed by atoms with Gasteiger partial charge < -0.3 is 14.8 Å². The summed E-state index contributed by atoms with van der Waals surface area (Å²) in [5.41, 5.74) is 3.63. The molecule has 2 amide bonds. The fraction of sp³-hybridized carbons (Fsp3) is 0.304. The Morgan fingerprint density at radius 3 is 2.70 bits per heavy atom. The molecule has 1 unspecified atom stereocenters. The van der Waals surface area contributed by atoms with E-state index in [4.69, 9.17) is 0 Å². The molecule has 7 nitrogen and oxygen atoms in total. The van der Waals surface area contributed by atoms with Crippen LogP contribution < -0.4 is 10.2 Å². The smallest absolute Gasteiger partial charge is 0.229 e. The molecule has 0 aliphatic carbocycles. The van der Waals surface area contributed by atoms with Crippen molar-refractivity contribution in [1.29, 1.82) is 0 Å². The van der Waals surface area contributed by atoms with Crippen LogP contribution in [0.3, 0.4) is 0 Å². The molecule has 1 aliphatic rings. The Morgan fingerprint density at radius 1 is 1.17 bits per heavy atom. The Kier molecular flexibility index (Phi) is 5.61. The van der Waals surface area contributed by atoms with Crippen LogP contribution in [0.5, 0.6) is 0 Å². The van der Waals surface area contributed by atoms with Crippen LogP contribution in [0.2, 0.25) is 0 Å². The highest BCUT2D eigenvalue weighted by molar-refractivity contribution is 6.03. The summed E-state index contributed by atoms with van der Waals surface area (Å²) < 4.78 is 1.94. The number of anilines is 2. The highest BCUT2D eigenvalue weighted by Gasteiger charge is 2.35. The Morgan fingerprint density at radius 2 is 1.97 bits per heavy atom. The van der Waals surface area contributed by atoms with Gasteiger partial charge in [-0.2, -0.15) is 0 Å². The number of amides is 2. The molecule has 1 atom stereocenters. The van der Waals surface area contributed by atoms with Crippen LogP contribution in [-0.2, 0) is 22.6 Å². The number of aryl methyl sites for hydroxylation is 2. The lowest BCUT2D eigenvalue weighted by Crippen LogP contribution is -2.28. The summed E-state index contributed by atoms with van der Waals surface area (Å²) in [6, 6.07) is 15.5. The molecule has 154 valence electrons. The Balaban J connectivity index is 1.45. The van der Waals surface area contributed by atoms with Gasteiger partial charge in [0.1, 0.15) is 6.33 Å². The van der Waals surface area contributed by atoms with Gasteiger partial charge in [0, 0.05) is 36.4 Å². The quantitative estimate of drug-likeness (QED) is 0.683. The van der Waals surface area contributed by atoms with E-state index in [1.165, 1.54) is 5.56 Å². The zero-order chi connectivity index (χ0) is 21.1. The van der Waals surface area contributed by atoms with Gasteiger partial charge in [-0.25, -0.2) is 0 Å². The Labute approximate surface area is 175 Å². The molecule has 2 heterocycles. The molecule has 30 heavy (non-hydrogen) atoms. The number of hydrogen-bond donors (Lipinski definition) is 1. The summed E-state index contributed by atoms with van der Waals surface area (Å²) in [7, 11) is 0. The van der Waals surface area contributed by atoms with Gasteiger partial charge >= 0.3 is 0 Å². The van der Waals surface area contributed by atoms with Crippen LogP contribution in [0.4, 0.5) is 11.4 Å². The fourth-order valence-electron chi connectivity index (χ4n) is 3.73. The predicted molar refractivity (Wildman–Crippen MR) is 116 cm³/mol. The lowest BCUT2D eigenvalue weighted by molar-refractivity contribution is -0.122. The summed E-state index contributed by atoms with van der Waals surface area (Å²) in [4.78, 5) is 27.0. The van der Waals surface area contributed by atoms with E-state index in [0.29, 0.717) is 12.2 Å². The summed E-state index contributed by atoms with van der Waals surface area (Å²) in [6.07, 6.45) is 2.85. The van der Waals surface area contributed by atoms with Crippen molar-refractivity contribution in [2.75, 3.05) is 16.8 Å². The Hall–Kier alpha value is -3.48. The van der Waals surface area contributed by atoms with E-state index < -0.39 is 0 Å². The van der Waals surface area contributed by atoms with Gasteiger partial charge in [0.05, 0.1) is 5.92 Å². The minimum atomic E-state index is -0.383. The number of nitrogens with zero attached hydrogens (tertiary/aromatic N) is 4. The van der Waals surface area contributed by atoms with E-state index >= 15 is 0 Å². The zero-order valence-corrected chi connectivity index (χ0v) is 17.2. The van der Waals surface area contributed by atoms with Crippen molar-refractivity contribution in [3.05, 3.63) is 60.4 Å². The summed E-state index contributed by atoms with van der Waals surface area (Å²) in [5, 5.41) is 11.1. The van der Waals surface area contributed by atoms with Gasteiger partial charge in [-0.1, -0.05) is 31.2 Å². The van der Waals surface area contributed by atoms with Crippen molar-refractivity contribution in [1.82, 2.24) is 14.8 Å². The first-order valence-corrected chi connectivity index (χ1v) is 10.3. The van der Waals surface area contributed by atoms with E-state index in [2.05, 4.69) is 22.4 Å². The highest BCUT2D eigenvalue weighted by Crippen LogP contribution is 2.27. The molecule has 4 rings (SSSR count). The maximum absolute atomic E-state index is 12.8. The van der Waals surface area contributed by atoms with Crippen LogP contribution in [0, 0.1) is 5.92 Å². The normalized spacial score (nSPS) is 16.1. The topological polar surface area (TPSA) is 80.1 Å². The molecule has 0 saturated carbocycles. The molecule has 2 aromatic carbocycles. The summed E-state index contributed by atoms with van der Waals surface area (Å²) in [6.45, 7) is 5.27. The van der Waals surface area contributed by atoms with Crippen LogP contribution in [0.15, 0.2) is 54.9 Å². The first-order valence-electron chi connectivity index (χ1n) is 10.3. The van der Waals surface area contributed by atoms with Gasteiger partial charge in [0.15, 0.2) is 5.82 Å². The third kappa shape index (κ3) is 3.96. The maximum Gasteiger partial charge on any atom is 0.229 e. The lowest BCUT2D eigenvalue weighted by Gasteiger charge is -2.17. The van der Waals surface area contributed by atoms with E-state index in [0.717, 1.165) is 30.0 Å². The van der Waals surface area contributed by atoms with Gasteiger partial charge in [0.25, 0.3) is 0 Å². The second kappa shape index (κ2) is 8.49. The lowest BCUT2D eigenvalue weighted by atomic mass is 10.1. The standard InChI is InChI=1S/C23H25N5O2/c1-3-16-8-10-20(11-9-16)28-14-18(13-21(28)29)23(30)25-19-7-5-6-17(12-19)22-26-24-15-27(22)4-2/h5-12,15,18H,3-4,13-14H2,1-2H3,(H,25,30). The molecule has 1 fully saturated rings. The number of aromatic nitrogens is 3. The average molecular weight is 403 g/mol. The summed E-state index contributed by atoms with van der Waals surface area (Å²) in [5.74, 6) is 0.201. The molecule has 0 spiro atoms. The minimum absolute atomic E-state index is 0.0239. The number of carbonyl (C=O) groups excluding carboxylic acids is 2. The SMILES string of the molecule is CCc1ccc(N2CC(C(=O)Nc3cccc(-c4nncn4CC)c3)CC2=O)cc1. The molecule has 7 heteroatoms. The van der Waals surface area contributed by atoms with Crippen LogP contribution in [0.1, 0.15) is 25.8 Å². The number of benzene rings is 2. The van der Waals surface area contributed by atoms with E-state index in [1.807, 2.05) is 60.0 Å². The second-order valence-corrected chi connectivity index (χ2v) is 7.44. The number of hydrogen-bond acceptors (Lipinski definition) is 4. The van der Waals surface area contributed by atoms with Gasteiger partial charge in [-0.15, -0.1) is 10.2 Å². The van der Waals surface area contributed by atoms with Gasteiger partial charge in [-0.3, -0.25) is 9.59 Å². The Bertz CT molecular complexity index is 1060. The molecule has 1 N–H and O–H groups in total. The average Bonchev–Trinajstić information content (AvgIpc) is 3.40. The molecule has 3 aromatic rings. The molecule has 0 bridgehead atoms. The van der Waals surface area contributed by atoms with Crippen molar-refractivity contribution in [3.8, 4) is 11.4 Å². The molecule has 1 aliphatic heterocycles. The fourth-order valence-corrected chi connectivity index (χ4v) is 3.73. The van der Waals surface area contributed by atoms with Crippen LogP contribution in [0.25, 0.3) is 11.4 Å². The number of carbonyl (C=O) groups is 2. The molecular formula is C23H25N5O2. The summed E-state index contributed by atoms with van der Waals surface area (Å²) >= 11 is 0. The van der Waals surface area contributed by atoms with Crippen molar-refractivity contribution in [2.24, 2.45) is 5.92 Å². The van der Waals surface area contributed by atoms with Crippen molar-refractivity contribution >= 4 is 23.2 Å². The minimum Gasteiger partial charge on any atom is -0.326 e. The van der Waals surface area contributed by atoms with Crippen molar-refractivity contribution < 1.29 is 9.59 Å². The van der Waals surface area contributed by atoms with Crippen LogP contribution in [-0.4, -0.2) is 33.1 Å².